The summed E-state index contributed by atoms with van der Waals surface area (Å²) in [5, 5.41) is 0.997. The highest BCUT2D eigenvalue weighted by Crippen LogP contribution is 2.18. The lowest BCUT2D eigenvalue weighted by Crippen LogP contribution is -2.46. The van der Waals surface area contributed by atoms with E-state index in [4.69, 9.17) is 0 Å². The molecule has 114 valence electrons. The lowest BCUT2D eigenvalue weighted by Gasteiger charge is -2.29. The van der Waals surface area contributed by atoms with Crippen LogP contribution in [0.2, 0.25) is 0 Å². The second-order valence-electron chi connectivity index (χ2n) is 5.33. The van der Waals surface area contributed by atoms with Crippen LogP contribution in [0.4, 0.5) is 0 Å². The molecule has 0 aromatic carbocycles. The fraction of sp³-hybridized carbons (Fsp3) is 0.769. The molecule has 5 nitrogen and oxygen atoms in total. The Morgan fingerprint density at radius 3 is 3.00 bits per heavy atom. The summed E-state index contributed by atoms with van der Waals surface area (Å²) < 4.78 is 28.6. The molecule has 1 aromatic heterocycles. The maximum absolute atomic E-state index is 12.2. The smallest absolute Gasteiger partial charge is 0.249 e. The van der Waals surface area contributed by atoms with E-state index in [0.29, 0.717) is 32.0 Å². The summed E-state index contributed by atoms with van der Waals surface area (Å²) in [6, 6.07) is 0. The first kappa shape index (κ1) is 15.9. The van der Waals surface area contributed by atoms with Gasteiger partial charge in [0.05, 0.1) is 5.01 Å². The number of nitrogens with one attached hydrogen (secondary N) is 1. The van der Waals surface area contributed by atoms with Gasteiger partial charge in [0.25, 0.3) is 10.2 Å². The highest BCUT2D eigenvalue weighted by atomic mass is 32.2. The standard InChI is InChI=1S/C13H23N3O2S2/c1-3-12-9-14-13(19-12)6-7-15-20(17,18)16-8-4-5-11(2)10-16/h9,11,15H,3-8,10H2,1-2H3/t11-/m0/s1. The van der Waals surface area contributed by atoms with Crippen LogP contribution in [0.15, 0.2) is 6.20 Å². The Morgan fingerprint density at radius 1 is 1.55 bits per heavy atom. The predicted octanol–water partition coefficient (Wildman–Crippen LogP) is 1.81. The van der Waals surface area contributed by atoms with Gasteiger partial charge >= 0.3 is 0 Å². The van der Waals surface area contributed by atoms with E-state index in [1.807, 2.05) is 6.20 Å². The van der Waals surface area contributed by atoms with Crippen LogP contribution in [-0.2, 0) is 23.1 Å². The topological polar surface area (TPSA) is 62.3 Å². The van der Waals surface area contributed by atoms with Crippen LogP contribution in [0.5, 0.6) is 0 Å². The molecule has 1 fully saturated rings. The van der Waals surface area contributed by atoms with E-state index in [2.05, 4.69) is 23.6 Å². The average molecular weight is 317 g/mol. The minimum atomic E-state index is -3.32. The van der Waals surface area contributed by atoms with Crippen molar-refractivity contribution in [3.63, 3.8) is 0 Å². The third-order valence-electron chi connectivity index (χ3n) is 3.53. The van der Waals surface area contributed by atoms with E-state index in [-0.39, 0.29) is 0 Å². The van der Waals surface area contributed by atoms with Crippen LogP contribution in [0.3, 0.4) is 0 Å². The van der Waals surface area contributed by atoms with Gasteiger partial charge in [-0.1, -0.05) is 13.8 Å². The molecule has 2 heterocycles. The van der Waals surface area contributed by atoms with Crippen LogP contribution in [0, 0.1) is 5.92 Å². The number of rotatable bonds is 6. The van der Waals surface area contributed by atoms with Gasteiger partial charge in [0.15, 0.2) is 0 Å². The zero-order valence-corrected chi connectivity index (χ0v) is 13.8. The number of hydrogen-bond donors (Lipinski definition) is 1. The Bertz CT molecular complexity index is 527. The Labute approximate surface area is 125 Å². The van der Waals surface area contributed by atoms with Crippen molar-refractivity contribution in [1.29, 1.82) is 0 Å². The second kappa shape index (κ2) is 6.98. The van der Waals surface area contributed by atoms with Crippen molar-refractivity contribution in [2.75, 3.05) is 19.6 Å². The van der Waals surface area contributed by atoms with Gasteiger partial charge in [0.2, 0.25) is 0 Å². The quantitative estimate of drug-likeness (QED) is 0.870. The minimum absolute atomic E-state index is 0.421. The Hall–Kier alpha value is -0.500. The molecular weight excluding hydrogens is 294 g/mol. The van der Waals surface area contributed by atoms with Crippen molar-refractivity contribution in [2.24, 2.45) is 5.92 Å². The van der Waals surface area contributed by atoms with Crippen LogP contribution < -0.4 is 4.72 Å². The van der Waals surface area contributed by atoms with Crippen molar-refractivity contribution in [1.82, 2.24) is 14.0 Å². The van der Waals surface area contributed by atoms with E-state index in [9.17, 15) is 8.42 Å². The summed E-state index contributed by atoms with van der Waals surface area (Å²) in [5.41, 5.74) is 0. The predicted molar refractivity (Wildman–Crippen MR) is 82.1 cm³/mol. The molecule has 0 aliphatic carbocycles. The maximum Gasteiger partial charge on any atom is 0.279 e. The molecule has 1 saturated heterocycles. The number of nitrogens with zero attached hydrogens (tertiary/aromatic N) is 2. The molecule has 1 aliphatic rings. The van der Waals surface area contributed by atoms with Gasteiger partial charge in [-0.25, -0.2) is 9.71 Å². The van der Waals surface area contributed by atoms with Crippen LogP contribution >= 0.6 is 11.3 Å². The first-order valence-corrected chi connectivity index (χ1v) is 9.45. The van der Waals surface area contributed by atoms with Gasteiger partial charge in [-0.15, -0.1) is 11.3 Å². The van der Waals surface area contributed by atoms with Crippen molar-refractivity contribution in [3.05, 3.63) is 16.1 Å². The van der Waals surface area contributed by atoms with Gasteiger partial charge in [0, 0.05) is 37.1 Å². The summed E-state index contributed by atoms with van der Waals surface area (Å²) in [6.07, 6.45) is 5.59. The van der Waals surface area contributed by atoms with Crippen LogP contribution in [0.25, 0.3) is 0 Å². The summed E-state index contributed by atoms with van der Waals surface area (Å²) in [4.78, 5) is 5.54. The molecule has 1 aliphatic heterocycles. The lowest BCUT2D eigenvalue weighted by atomic mass is 10.0. The number of hydrogen-bond acceptors (Lipinski definition) is 4. The second-order valence-corrected chi connectivity index (χ2v) is 8.28. The Balaban J connectivity index is 1.82. The van der Waals surface area contributed by atoms with E-state index in [1.54, 1.807) is 15.6 Å². The average Bonchev–Trinajstić information content (AvgIpc) is 2.86. The minimum Gasteiger partial charge on any atom is -0.249 e. The first-order valence-electron chi connectivity index (χ1n) is 7.19. The molecule has 0 radical (unpaired) electrons. The molecule has 1 N–H and O–H groups in total. The van der Waals surface area contributed by atoms with Gasteiger partial charge in [0.1, 0.15) is 0 Å². The van der Waals surface area contributed by atoms with Crippen molar-refractivity contribution >= 4 is 21.5 Å². The number of aryl methyl sites for hydroxylation is 1. The van der Waals surface area contributed by atoms with Gasteiger partial charge in [-0.3, -0.25) is 0 Å². The molecule has 1 aromatic rings. The van der Waals surface area contributed by atoms with Gasteiger partial charge in [-0.2, -0.15) is 12.7 Å². The highest BCUT2D eigenvalue weighted by molar-refractivity contribution is 7.87. The van der Waals surface area contributed by atoms with E-state index in [1.165, 1.54) is 4.88 Å². The van der Waals surface area contributed by atoms with E-state index >= 15 is 0 Å². The molecule has 0 amide bonds. The van der Waals surface area contributed by atoms with Crippen LogP contribution in [-0.4, -0.2) is 37.3 Å². The van der Waals surface area contributed by atoms with Crippen molar-refractivity contribution in [2.45, 2.75) is 39.5 Å². The molecule has 2 rings (SSSR count). The SMILES string of the molecule is CCc1cnc(CCNS(=O)(=O)N2CCC[C@H](C)C2)s1. The molecule has 0 spiro atoms. The monoisotopic (exact) mass is 317 g/mol. The third kappa shape index (κ3) is 4.25. The van der Waals surface area contributed by atoms with Gasteiger partial charge in [-0.05, 0) is 25.2 Å². The normalized spacial score (nSPS) is 21.2. The molecule has 0 bridgehead atoms. The molecule has 20 heavy (non-hydrogen) atoms. The number of thiazole rings is 1. The fourth-order valence-electron chi connectivity index (χ4n) is 2.37. The maximum atomic E-state index is 12.2. The summed E-state index contributed by atoms with van der Waals surface area (Å²) in [6.45, 7) is 5.88. The van der Waals surface area contributed by atoms with Crippen molar-refractivity contribution in [3.8, 4) is 0 Å². The van der Waals surface area contributed by atoms with Crippen LogP contribution in [0.1, 0.15) is 36.6 Å². The molecule has 0 unspecified atom stereocenters. The molecular formula is C13H23N3O2S2. The number of piperidine rings is 1. The summed E-state index contributed by atoms with van der Waals surface area (Å²) >= 11 is 1.66. The summed E-state index contributed by atoms with van der Waals surface area (Å²) in [7, 11) is -3.32. The Morgan fingerprint density at radius 2 is 2.35 bits per heavy atom. The lowest BCUT2D eigenvalue weighted by molar-refractivity contribution is 0.278. The molecule has 0 saturated carbocycles. The van der Waals surface area contributed by atoms with Gasteiger partial charge < -0.3 is 0 Å². The molecule has 1 atom stereocenters. The molecule has 7 heteroatoms. The fourth-order valence-corrected chi connectivity index (χ4v) is 4.59. The Kier molecular flexibility index (Phi) is 5.54. The zero-order chi connectivity index (χ0) is 14.6. The first-order chi connectivity index (χ1) is 9.51. The van der Waals surface area contributed by atoms with E-state index in [0.717, 1.165) is 24.3 Å². The van der Waals surface area contributed by atoms with E-state index < -0.39 is 10.2 Å². The number of aromatic nitrogens is 1. The zero-order valence-electron chi connectivity index (χ0n) is 12.1. The highest BCUT2D eigenvalue weighted by Gasteiger charge is 2.26. The van der Waals surface area contributed by atoms with Crippen molar-refractivity contribution < 1.29 is 8.42 Å². The summed E-state index contributed by atoms with van der Waals surface area (Å²) in [5.74, 6) is 0.450. The third-order valence-corrected chi connectivity index (χ3v) is 6.31. The largest absolute Gasteiger partial charge is 0.279 e.